The summed E-state index contributed by atoms with van der Waals surface area (Å²) in [5, 5.41) is 11.7. The summed E-state index contributed by atoms with van der Waals surface area (Å²) in [4.78, 5) is 15.8. The van der Waals surface area contributed by atoms with Gasteiger partial charge in [0.2, 0.25) is 0 Å². The third kappa shape index (κ3) is 5.81. The van der Waals surface area contributed by atoms with E-state index in [9.17, 15) is 4.79 Å². The third-order valence-corrected chi connectivity index (χ3v) is 3.41. The van der Waals surface area contributed by atoms with E-state index >= 15 is 0 Å². The molecule has 1 aromatic carbocycles. The van der Waals surface area contributed by atoms with Crippen LogP contribution in [0.4, 0.5) is 5.69 Å². The summed E-state index contributed by atoms with van der Waals surface area (Å²) in [7, 11) is 1.77. The molecule has 0 aliphatic rings. The molecule has 1 aromatic rings. The van der Waals surface area contributed by atoms with Gasteiger partial charge in [-0.25, -0.2) is 15.4 Å². The van der Waals surface area contributed by atoms with Crippen LogP contribution >= 0.6 is 0 Å². The van der Waals surface area contributed by atoms with Crippen molar-refractivity contribution in [3.63, 3.8) is 0 Å². The molecule has 0 spiro atoms. The number of rotatable bonds is 5. The smallest absolute Gasteiger partial charge is 0.288 e. The Hall–Kier alpha value is -2.73. The second kappa shape index (κ2) is 8.79. The minimum atomic E-state index is -0.569. The highest BCUT2D eigenvalue weighted by atomic mass is 16.5. The maximum absolute atomic E-state index is 11.3. The summed E-state index contributed by atoms with van der Waals surface area (Å²) in [6.45, 7) is 14.1. The van der Waals surface area contributed by atoms with Gasteiger partial charge in [0, 0.05) is 12.3 Å². The van der Waals surface area contributed by atoms with E-state index in [1.54, 1.807) is 41.4 Å². The van der Waals surface area contributed by atoms with Crippen molar-refractivity contribution >= 4 is 24.3 Å². The van der Waals surface area contributed by atoms with Crippen LogP contribution in [0.15, 0.2) is 53.2 Å². The summed E-state index contributed by atoms with van der Waals surface area (Å²) in [6.07, 6.45) is 1.97. The Bertz CT molecular complexity index is 685. The molecule has 0 saturated carbocycles. The molecule has 0 saturated heterocycles. The minimum absolute atomic E-state index is 0.342. The zero-order chi connectivity index (χ0) is 18.3. The van der Waals surface area contributed by atoms with Gasteiger partial charge in [0.05, 0.1) is 12.7 Å². The van der Waals surface area contributed by atoms with Gasteiger partial charge in [-0.05, 0) is 43.2 Å². The molecule has 0 aromatic heterocycles. The van der Waals surface area contributed by atoms with E-state index in [1.807, 2.05) is 13.0 Å². The maximum Gasteiger partial charge on any atom is 0.396 e. The van der Waals surface area contributed by atoms with E-state index in [0.29, 0.717) is 28.8 Å². The van der Waals surface area contributed by atoms with Crippen LogP contribution in [0.5, 0.6) is 0 Å². The first-order valence-corrected chi connectivity index (χ1v) is 7.56. The first-order valence-electron chi connectivity index (χ1n) is 7.56. The molecule has 0 fully saturated rings. The predicted molar refractivity (Wildman–Crippen MR) is 97.0 cm³/mol. The second-order valence-corrected chi connectivity index (χ2v) is 5.81. The van der Waals surface area contributed by atoms with Crippen LogP contribution in [-0.2, 0) is 0 Å². The molecule has 0 atom stereocenters. The van der Waals surface area contributed by atoms with Crippen LogP contribution in [0.3, 0.4) is 0 Å². The number of aliphatic imine (C=N–C) groups is 1. The van der Waals surface area contributed by atoms with Crippen molar-refractivity contribution < 1.29 is 14.6 Å². The van der Waals surface area contributed by atoms with Gasteiger partial charge in [0.1, 0.15) is 5.69 Å². The molecule has 128 valence electrons. The fourth-order valence-electron chi connectivity index (χ4n) is 1.70. The van der Waals surface area contributed by atoms with Gasteiger partial charge in [-0.3, -0.25) is 10.0 Å². The number of hydrogen-bond acceptors (Lipinski definition) is 3. The van der Waals surface area contributed by atoms with Crippen LogP contribution in [0, 0.1) is 5.92 Å². The molecule has 0 heterocycles. The van der Waals surface area contributed by atoms with Crippen LogP contribution in [0.1, 0.15) is 31.1 Å². The number of benzene rings is 1. The van der Waals surface area contributed by atoms with Gasteiger partial charge in [0.15, 0.2) is 0 Å². The van der Waals surface area contributed by atoms with Gasteiger partial charge in [-0.15, -0.1) is 0 Å². The summed E-state index contributed by atoms with van der Waals surface area (Å²) in [5.74, 6) is 0.389. The summed E-state index contributed by atoms with van der Waals surface area (Å²) >= 11 is 0. The second-order valence-electron chi connectivity index (χ2n) is 5.81. The van der Waals surface area contributed by atoms with E-state index < -0.39 is 5.91 Å². The zero-order valence-corrected chi connectivity index (χ0v) is 14.6. The number of nitrogens with one attached hydrogen (secondary N) is 2. The Balaban J connectivity index is 2.98. The normalized spacial score (nSPS) is 12.1. The Labute approximate surface area is 142 Å². The molecule has 0 aliphatic heterocycles. The highest BCUT2D eigenvalue weighted by Crippen LogP contribution is 2.14. The molecule has 6 heteroatoms. The van der Waals surface area contributed by atoms with Gasteiger partial charge in [0.25, 0.3) is 5.91 Å². The van der Waals surface area contributed by atoms with Crippen LogP contribution in [-0.4, -0.2) is 35.4 Å². The number of carbonyl (C=O) groups is 1. The lowest BCUT2D eigenvalue weighted by Crippen LogP contribution is -2.30. The van der Waals surface area contributed by atoms with E-state index in [-0.39, 0.29) is 0 Å². The van der Waals surface area contributed by atoms with Gasteiger partial charge < -0.3 is 0 Å². The molecule has 0 aliphatic carbocycles. The highest BCUT2D eigenvalue weighted by Gasteiger charge is 2.12. The van der Waals surface area contributed by atoms with E-state index in [4.69, 9.17) is 5.21 Å². The predicted octanol–water partition coefficient (Wildman–Crippen LogP) is 2.84. The summed E-state index contributed by atoms with van der Waals surface area (Å²) < 4.78 is 1.60. The number of carbonyl (C=O) groups excluding carboxylic acids is 1. The fourth-order valence-corrected chi connectivity index (χ4v) is 1.70. The van der Waals surface area contributed by atoms with Crippen LogP contribution in [0.2, 0.25) is 0 Å². The highest BCUT2D eigenvalue weighted by molar-refractivity contribution is 5.93. The fraction of sp³-hybridized carbons (Fsp3) is 0.278. The Morgan fingerprint density at radius 1 is 1.33 bits per heavy atom. The summed E-state index contributed by atoms with van der Waals surface area (Å²) in [6, 6.07) is 6.49. The van der Waals surface area contributed by atoms with Crippen molar-refractivity contribution in [2.45, 2.75) is 20.8 Å². The number of guanidine groups is 1. The number of allylic oxidation sites excluding steroid dienone is 2. The molecule has 1 rings (SSSR count). The Morgan fingerprint density at radius 3 is 2.38 bits per heavy atom. The van der Waals surface area contributed by atoms with Crippen LogP contribution in [0.25, 0.3) is 0 Å². The first kappa shape index (κ1) is 19.3. The molecule has 0 unspecified atom stereocenters. The third-order valence-electron chi connectivity index (χ3n) is 3.41. The molecule has 3 N–H and O–H groups in total. The molecule has 6 nitrogen and oxygen atoms in total. The van der Waals surface area contributed by atoms with Gasteiger partial charge in [-0.2, -0.15) is 0 Å². The molecule has 1 amide bonds. The van der Waals surface area contributed by atoms with Crippen molar-refractivity contribution in [1.29, 1.82) is 0 Å². The largest absolute Gasteiger partial charge is 0.396 e. The number of nitrogens with zero attached hydrogens (tertiary/aromatic N) is 2. The minimum Gasteiger partial charge on any atom is -0.288 e. The van der Waals surface area contributed by atoms with E-state index in [2.05, 4.69) is 37.5 Å². The van der Waals surface area contributed by atoms with Crippen molar-refractivity contribution in [2.24, 2.45) is 10.9 Å². The topological polar surface area (TPSA) is 76.7 Å². The maximum atomic E-state index is 11.3. The lowest BCUT2D eigenvalue weighted by atomic mass is 10.0. The molecular formula is C18H25N4O2+. The zero-order valence-electron chi connectivity index (χ0n) is 14.6. The first-order chi connectivity index (χ1) is 11.2. The SMILES string of the molecule is C=C(C=C(C)C(C)C)NC(=Nc1ccc(C(=O)NO)cc1)[N+](=C)C. The Morgan fingerprint density at radius 2 is 1.92 bits per heavy atom. The lowest BCUT2D eigenvalue weighted by molar-refractivity contribution is -0.364. The van der Waals surface area contributed by atoms with Crippen molar-refractivity contribution in [2.75, 3.05) is 7.05 Å². The number of hydrogen-bond donors (Lipinski definition) is 3. The van der Waals surface area contributed by atoms with Crippen molar-refractivity contribution in [3.05, 3.63) is 53.8 Å². The van der Waals surface area contributed by atoms with E-state index in [1.165, 1.54) is 5.57 Å². The monoisotopic (exact) mass is 329 g/mol. The molecule has 0 radical (unpaired) electrons. The Kier molecular flexibility index (Phi) is 7.07. The lowest BCUT2D eigenvalue weighted by Gasteiger charge is -2.07. The molecular weight excluding hydrogens is 304 g/mol. The quantitative estimate of drug-likeness (QED) is 0.194. The van der Waals surface area contributed by atoms with Gasteiger partial charge >= 0.3 is 5.96 Å². The number of hydroxylamine groups is 1. The number of amides is 1. The van der Waals surface area contributed by atoms with Crippen LogP contribution < -0.4 is 10.8 Å². The van der Waals surface area contributed by atoms with Gasteiger partial charge in [-0.1, -0.05) is 31.0 Å². The van der Waals surface area contributed by atoms with E-state index in [0.717, 1.165) is 0 Å². The summed E-state index contributed by atoms with van der Waals surface area (Å²) in [5.41, 5.74) is 4.49. The van der Waals surface area contributed by atoms with Crippen molar-refractivity contribution in [3.8, 4) is 0 Å². The molecule has 0 bridgehead atoms. The van der Waals surface area contributed by atoms with Crippen molar-refractivity contribution in [1.82, 2.24) is 10.8 Å². The molecule has 24 heavy (non-hydrogen) atoms. The standard InChI is InChI=1S/C18H24N4O2/c1-12(2)13(3)11-14(4)19-18(22(5)6)20-16-9-7-15(8-10-16)17(23)21-24/h7-12H,4-5H2,1-3,6H3,(H2-,19,20,21,23,24)/p+1. The average molecular weight is 329 g/mol. The average Bonchev–Trinajstić information content (AvgIpc) is 2.53.